The monoisotopic (exact) mass is 202 g/mol. The van der Waals surface area contributed by atoms with Crippen molar-refractivity contribution in [1.29, 1.82) is 0 Å². The summed E-state index contributed by atoms with van der Waals surface area (Å²) in [4.78, 5) is 11.3. The molecule has 0 bridgehead atoms. The van der Waals surface area contributed by atoms with Crippen molar-refractivity contribution in [3.63, 3.8) is 0 Å². The van der Waals surface area contributed by atoms with Crippen LogP contribution in [0.4, 0.5) is 0 Å². The van der Waals surface area contributed by atoms with E-state index in [1.54, 1.807) is 11.6 Å². The minimum Gasteiger partial charge on any atom is -0.268 e. The molecule has 0 unspecified atom stereocenters. The van der Waals surface area contributed by atoms with Gasteiger partial charge in [-0.2, -0.15) is 0 Å². The molecule has 0 aliphatic heterocycles. The first-order chi connectivity index (χ1) is 7.08. The van der Waals surface area contributed by atoms with Crippen LogP contribution >= 0.6 is 0 Å². The second-order valence-corrected chi connectivity index (χ2v) is 3.91. The zero-order chi connectivity index (χ0) is 11.0. The van der Waals surface area contributed by atoms with Crippen LogP contribution in [0, 0.1) is 20.8 Å². The van der Waals surface area contributed by atoms with Crippen LogP contribution in [-0.2, 0) is 0 Å². The van der Waals surface area contributed by atoms with Crippen molar-refractivity contribution in [2.24, 2.45) is 0 Å². The Hall–Kier alpha value is -1.77. The van der Waals surface area contributed by atoms with E-state index >= 15 is 0 Å². The van der Waals surface area contributed by atoms with Crippen LogP contribution in [0.3, 0.4) is 0 Å². The molecule has 1 heterocycles. The van der Waals surface area contributed by atoms with Crippen molar-refractivity contribution < 1.29 is 0 Å². The van der Waals surface area contributed by atoms with Gasteiger partial charge in [-0.1, -0.05) is 17.7 Å². The summed E-state index contributed by atoms with van der Waals surface area (Å²) in [6.07, 6.45) is 1.82. The van der Waals surface area contributed by atoms with Crippen LogP contribution in [0.15, 0.2) is 29.2 Å². The molecule has 0 saturated heterocycles. The van der Waals surface area contributed by atoms with Crippen molar-refractivity contribution in [2.45, 2.75) is 20.8 Å². The SMILES string of the molecule is Cc1ccc(-n2cc(C)c(=O)[nH]2)c(C)c1. The van der Waals surface area contributed by atoms with E-state index in [0.717, 1.165) is 16.8 Å². The Morgan fingerprint density at radius 2 is 1.87 bits per heavy atom. The van der Waals surface area contributed by atoms with Crippen molar-refractivity contribution >= 4 is 0 Å². The number of nitrogens with zero attached hydrogens (tertiary/aromatic N) is 1. The lowest BCUT2D eigenvalue weighted by Gasteiger charge is -2.06. The van der Waals surface area contributed by atoms with Crippen LogP contribution in [0.2, 0.25) is 0 Å². The molecule has 78 valence electrons. The molecule has 0 atom stereocenters. The van der Waals surface area contributed by atoms with Gasteiger partial charge in [0.25, 0.3) is 5.56 Å². The Bertz CT molecular complexity index is 549. The maximum absolute atomic E-state index is 11.3. The van der Waals surface area contributed by atoms with E-state index in [1.165, 1.54) is 5.56 Å². The molecule has 1 aromatic carbocycles. The van der Waals surface area contributed by atoms with Gasteiger partial charge in [-0.25, -0.2) is 0 Å². The van der Waals surface area contributed by atoms with Gasteiger partial charge < -0.3 is 0 Å². The predicted molar refractivity (Wildman–Crippen MR) is 60.6 cm³/mol. The maximum Gasteiger partial charge on any atom is 0.267 e. The number of aromatic nitrogens is 2. The number of nitrogens with one attached hydrogen (secondary N) is 1. The fourth-order valence-electron chi connectivity index (χ4n) is 1.69. The fraction of sp³-hybridized carbons (Fsp3) is 0.250. The van der Waals surface area contributed by atoms with Crippen LogP contribution in [-0.4, -0.2) is 9.78 Å². The molecule has 0 spiro atoms. The Labute approximate surface area is 88.4 Å². The third-order valence-electron chi connectivity index (χ3n) is 2.51. The maximum atomic E-state index is 11.3. The lowest BCUT2D eigenvalue weighted by atomic mass is 10.1. The van der Waals surface area contributed by atoms with Gasteiger partial charge in [0, 0.05) is 11.8 Å². The van der Waals surface area contributed by atoms with Gasteiger partial charge in [0.05, 0.1) is 5.69 Å². The molecule has 0 fully saturated rings. The number of hydrogen-bond acceptors (Lipinski definition) is 1. The first-order valence-corrected chi connectivity index (χ1v) is 4.94. The van der Waals surface area contributed by atoms with E-state index in [4.69, 9.17) is 0 Å². The van der Waals surface area contributed by atoms with Gasteiger partial charge in [0.2, 0.25) is 0 Å². The molecule has 0 radical (unpaired) electrons. The van der Waals surface area contributed by atoms with Crippen LogP contribution < -0.4 is 5.56 Å². The summed E-state index contributed by atoms with van der Waals surface area (Å²) < 4.78 is 1.77. The predicted octanol–water partition coefficient (Wildman–Crippen LogP) is 2.09. The van der Waals surface area contributed by atoms with E-state index < -0.39 is 0 Å². The molecule has 0 aliphatic rings. The Kier molecular flexibility index (Phi) is 2.23. The van der Waals surface area contributed by atoms with Crippen molar-refractivity contribution in [3.05, 3.63) is 51.4 Å². The average molecular weight is 202 g/mol. The Balaban J connectivity index is 2.59. The third-order valence-corrected chi connectivity index (χ3v) is 2.51. The van der Waals surface area contributed by atoms with Gasteiger partial charge >= 0.3 is 0 Å². The highest BCUT2D eigenvalue weighted by atomic mass is 16.1. The normalized spacial score (nSPS) is 10.6. The molecule has 2 aromatic rings. The lowest BCUT2D eigenvalue weighted by molar-refractivity contribution is 0.856. The van der Waals surface area contributed by atoms with Gasteiger partial charge in [0.15, 0.2) is 0 Å². The van der Waals surface area contributed by atoms with E-state index in [2.05, 4.69) is 18.1 Å². The average Bonchev–Trinajstić information content (AvgIpc) is 2.46. The zero-order valence-electron chi connectivity index (χ0n) is 9.16. The second-order valence-electron chi connectivity index (χ2n) is 3.91. The second kappa shape index (κ2) is 3.42. The highest BCUT2D eigenvalue weighted by Gasteiger charge is 2.03. The van der Waals surface area contributed by atoms with Crippen molar-refractivity contribution in [1.82, 2.24) is 9.78 Å². The number of aryl methyl sites for hydroxylation is 3. The molecule has 3 nitrogen and oxygen atoms in total. The first kappa shape index (κ1) is 9.77. The largest absolute Gasteiger partial charge is 0.268 e. The van der Waals surface area contributed by atoms with Crippen LogP contribution in [0.1, 0.15) is 16.7 Å². The molecule has 1 aromatic heterocycles. The summed E-state index contributed by atoms with van der Waals surface area (Å²) in [5, 5.41) is 2.78. The van der Waals surface area contributed by atoms with Crippen LogP contribution in [0.25, 0.3) is 5.69 Å². The molecule has 0 amide bonds. The van der Waals surface area contributed by atoms with Gasteiger partial charge in [-0.05, 0) is 32.4 Å². The van der Waals surface area contributed by atoms with Crippen LogP contribution in [0.5, 0.6) is 0 Å². The lowest BCUT2D eigenvalue weighted by Crippen LogP contribution is -2.06. The number of rotatable bonds is 1. The molecule has 0 aliphatic carbocycles. The zero-order valence-corrected chi connectivity index (χ0v) is 9.16. The Morgan fingerprint density at radius 3 is 2.40 bits per heavy atom. The molecule has 2 rings (SSSR count). The van der Waals surface area contributed by atoms with Gasteiger partial charge in [-0.15, -0.1) is 0 Å². The minimum atomic E-state index is -0.0324. The molecule has 15 heavy (non-hydrogen) atoms. The van der Waals surface area contributed by atoms with E-state index in [-0.39, 0.29) is 5.56 Å². The van der Waals surface area contributed by atoms with Crippen molar-refractivity contribution in [3.8, 4) is 5.69 Å². The minimum absolute atomic E-state index is 0.0324. The number of H-pyrrole nitrogens is 1. The highest BCUT2D eigenvalue weighted by molar-refractivity contribution is 5.42. The summed E-state index contributed by atoms with van der Waals surface area (Å²) >= 11 is 0. The van der Waals surface area contributed by atoms with E-state index in [1.807, 2.05) is 25.3 Å². The first-order valence-electron chi connectivity index (χ1n) is 4.94. The molecule has 3 heteroatoms. The third kappa shape index (κ3) is 1.73. The van der Waals surface area contributed by atoms with Gasteiger partial charge in [0.1, 0.15) is 0 Å². The summed E-state index contributed by atoms with van der Waals surface area (Å²) in [6.45, 7) is 5.90. The van der Waals surface area contributed by atoms with Gasteiger partial charge in [-0.3, -0.25) is 14.6 Å². The topological polar surface area (TPSA) is 37.8 Å². The summed E-state index contributed by atoms with van der Waals surface area (Å²) in [5.41, 5.74) is 4.10. The number of aromatic amines is 1. The molecular formula is C12H14N2O. The standard InChI is InChI=1S/C12H14N2O/c1-8-4-5-11(9(2)6-8)14-7-10(3)12(15)13-14/h4-7H,1-3H3,(H,13,15). The molecular weight excluding hydrogens is 188 g/mol. The fourth-order valence-corrected chi connectivity index (χ4v) is 1.69. The quantitative estimate of drug-likeness (QED) is 0.755. The number of benzene rings is 1. The number of hydrogen-bond donors (Lipinski definition) is 1. The smallest absolute Gasteiger partial charge is 0.267 e. The summed E-state index contributed by atoms with van der Waals surface area (Å²) in [7, 11) is 0. The molecule has 1 N–H and O–H groups in total. The molecule has 0 saturated carbocycles. The highest BCUT2D eigenvalue weighted by Crippen LogP contribution is 2.14. The van der Waals surface area contributed by atoms with Crippen molar-refractivity contribution in [2.75, 3.05) is 0 Å². The summed E-state index contributed by atoms with van der Waals surface area (Å²) in [6, 6.07) is 6.15. The van der Waals surface area contributed by atoms with E-state index in [0.29, 0.717) is 0 Å². The summed E-state index contributed by atoms with van der Waals surface area (Å²) in [5.74, 6) is 0. The Morgan fingerprint density at radius 1 is 1.13 bits per heavy atom. The van der Waals surface area contributed by atoms with E-state index in [9.17, 15) is 4.79 Å².